The molecule has 1 rings (SSSR count). The first-order valence-electron chi connectivity index (χ1n) is 5.86. The molecule has 0 aliphatic heterocycles. The molecule has 0 saturated carbocycles. The Kier molecular flexibility index (Phi) is 4.90. The van der Waals surface area contributed by atoms with E-state index in [1.807, 2.05) is 0 Å². The molecule has 1 aromatic rings. The Morgan fingerprint density at radius 2 is 1.85 bits per heavy atom. The molecule has 1 aromatic carbocycles. The summed E-state index contributed by atoms with van der Waals surface area (Å²) in [5, 5.41) is 0. The summed E-state index contributed by atoms with van der Waals surface area (Å²) in [6, 6.07) is 3.69. The summed E-state index contributed by atoms with van der Waals surface area (Å²) in [4.78, 5) is 23.0. The van der Waals surface area contributed by atoms with Crippen molar-refractivity contribution in [3.63, 3.8) is 0 Å². The second-order valence-corrected chi connectivity index (χ2v) is 4.93. The Morgan fingerprint density at radius 1 is 1.20 bits per heavy atom. The van der Waals surface area contributed by atoms with Crippen molar-refractivity contribution in [1.82, 2.24) is 10.9 Å². The molecule has 0 aliphatic carbocycles. The molecule has 6 nitrogen and oxygen atoms in total. The molecular formula is C13H17FN2O4. The number of rotatable bonds is 2. The summed E-state index contributed by atoms with van der Waals surface area (Å²) in [6.45, 7) is 5.06. The average molecular weight is 284 g/mol. The number of nitrogens with one attached hydrogen (secondary N) is 2. The number of amides is 2. The lowest BCUT2D eigenvalue weighted by atomic mass is 10.2. The van der Waals surface area contributed by atoms with Crippen molar-refractivity contribution in [2.24, 2.45) is 0 Å². The van der Waals surface area contributed by atoms with Crippen molar-refractivity contribution in [1.29, 1.82) is 0 Å². The van der Waals surface area contributed by atoms with E-state index in [0.717, 1.165) is 6.07 Å². The fraction of sp³-hybridized carbons (Fsp3) is 0.385. The molecular weight excluding hydrogens is 267 g/mol. The van der Waals surface area contributed by atoms with Crippen LogP contribution in [0.5, 0.6) is 5.75 Å². The lowest BCUT2D eigenvalue weighted by molar-refractivity contribution is 0.0483. The van der Waals surface area contributed by atoms with Gasteiger partial charge < -0.3 is 9.47 Å². The minimum atomic E-state index is -0.806. The summed E-state index contributed by atoms with van der Waals surface area (Å²) in [7, 11) is 1.32. The summed E-state index contributed by atoms with van der Waals surface area (Å²) < 4.78 is 23.1. The predicted octanol–water partition coefficient (Wildman–Crippen LogP) is 2.00. The minimum absolute atomic E-state index is 0.0293. The quantitative estimate of drug-likeness (QED) is 0.814. The molecule has 0 unspecified atom stereocenters. The van der Waals surface area contributed by atoms with Crippen molar-refractivity contribution >= 4 is 12.0 Å². The van der Waals surface area contributed by atoms with Crippen LogP contribution >= 0.6 is 0 Å². The monoisotopic (exact) mass is 284 g/mol. The van der Waals surface area contributed by atoms with Crippen LogP contribution in [0.1, 0.15) is 31.1 Å². The number of hydrazine groups is 1. The number of hydrogen-bond acceptors (Lipinski definition) is 4. The van der Waals surface area contributed by atoms with Crippen molar-refractivity contribution in [3.8, 4) is 5.75 Å². The molecule has 0 atom stereocenters. The third-order valence-electron chi connectivity index (χ3n) is 2.09. The molecule has 20 heavy (non-hydrogen) atoms. The largest absolute Gasteiger partial charge is 0.494 e. The number of halogens is 1. The SMILES string of the molecule is COc1ccc(C(=O)NNC(=O)OC(C)(C)C)cc1F. The Hall–Kier alpha value is -2.31. The molecule has 0 saturated heterocycles. The standard InChI is InChI=1S/C13H17FN2O4/c1-13(2,3)20-12(18)16-15-11(17)8-5-6-10(19-4)9(14)7-8/h5-7H,1-4H3,(H,15,17)(H,16,18). The van der Waals surface area contributed by atoms with Crippen LogP contribution in [0.15, 0.2) is 18.2 Å². The Balaban J connectivity index is 2.59. The van der Waals surface area contributed by atoms with Gasteiger partial charge in [0.1, 0.15) is 5.60 Å². The van der Waals surface area contributed by atoms with Crippen LogP contribution in [0, 0.1) is 5.82 Å². The van der Waals surface area contributed by atoms with E-state index in [-0.39, 0.29) is 11.3 Å². The highest BCUT2D eigenvalue weighted by atomic mass is 19.1. The van der Waals surface area contributed by atoms with Crippen LogP contribution in [0.25, 0.3) is 0 Å². The maximum absolute atomic E-state index is 13.4. The van der Waals surface area contributed by atoms with E-state index in [1.165, 1.54) is 19.2 Å². The van der Waals surface area contributed by atoms with Gasteiger partial charge in [0.25, 0.3) is 5.91 Å². The molecule has 0 fully saturated rings. The van der Waals surface area contributed by atoms with Gasteiger partial charge in [0.15, 0.2) is 11.6 Å². The first-order chi connectivity index (χ1) is 9.23. The lowest BCUT2D eigenvalue weighted by Crippen LogP contribution is -2.44. The van der Waals surface area contributed by atoms with E-state index in [0.29, 0.717) is 0 Å². The van der Waals surface area contributed by atoms with Gasteiger partial charge in [-0.3, -0.25) is 10.2 Å². The van der Waals surface area contributed by atoms with Gasteiger partial charge in [-0.25, -0.2) is 14.6 Å². The fourth-order valence-corrected chi connectivity index (χ4v) is 1.29. The Labute approximate surface area is 116 Å². The summed E-state index contributed by atoms with van der Waals surface area (Å²) in [6.07, 6.45) is -0.806. The highest BCUT2D eigenvalue weighted by Crippen LogP contribution is 2.17. The predicted molar refractivity (Wildman–Crippen MR) is 69.8 cm³/mol. The molecule has 0 heterocycles. The third-order valence-corrected chi connectivity index (χ3v) is 2.09. The maximum Gasteiger partial charge on any atom is 0.426 e. The van der Waals surface area contributed by atoms with E-state index in [4.69, 9.17) is 9.47 Å². The third kappa shape index (κ3) is 4.75. The zero-order valence-corrected chi connectivity index (χ0v) is 11.7. The van der Waals surface area contributed by atoms with Gasteiger partial charge >= 0.3 is 6.09 Å². The van der Waals surface area contributed by atoms with E-state index in [9.17, 15) is 14.0 Å². The Bertz CT molecular complexity index is 512. The maximum atomic E-state index is 13.4. The number of carbonyl (C=O) groups excluding carboxylic acids is 2. The van der Waals surface area contributed by atoms with Crippen molar-refractivity contribution in [2.75, 3.05) is 7.11 Å². The molecule has 0 bridgehead atoms. The molecule has 0 aliphatic rings. The zero-order chi connectivity index (χ0) is 15.3. The second kappa shape index (κ2) is 6.23. The van der Waals surface area contributed by atoms with Gasteiger partial charge in [-0.1, -0.05) is 0 Å². The van der Waals surface area contributed by atoms with E-state index >= 15 is 0 Å². The van der Waals surface area contributed by atoms with Crippen molar-refractivity contribution < 1.29 is 23.5 Å². The minimum Gasteiger partial charge on any atom is -0.494 e. The number of hydrogen-bond donors (Lipinski definition) is 2. The molecule has 2 N–H and O–H groups in total. The van der Waals surface area contributed by atoms with Crippen molar-refractivity contribution in [3.05, 3.63) is 29.6 Å². The molecule has 0 aromatic heterocycles. The van der Waals surface area contributed by atoms with Gasteiger partial charge in [-0.05, 0) is 39.0 Å². The van der Waals surface area contributed by atoms with Crippen LogP contribution in [0.4, 0.5) is 9.18 Å². The van der Waals surface area contributed by atoms with Crippen LogP contribution in [0.2, 0.25) is 0 Å². The van der Waals surface area contributed by atoms with Gasteiger partial charge in [0, 0.05) is 5.56 Å². The molecule has 7 heteroatoms. The molecule has 0 radical (unpaired) electrons. The van der Waals surface area contributed by atoms with Gasteiger partial charge in [-0.2, -0.15) is 0 Å². The van der Waals surface area contributed by atoms with E-state index < -0.39 is 23.4 Å². The number of methoxy groups -OCH3 is 1. The van der Waals surface area contributed by atoms with Crippen LogP contribution < -0.4 is 15.6 Å². The van der Waals surface area contributed by atoms with Gasteiger partial charge in [-0.15, -0.1) is 0 Å². The summed E-state index contributed by atoms with van der Waals surface area (Å²) >= 11 is 0. The Morgan fingerprint density at radius 3 is 2.35 bits per heavy atom. The normalized spacial score (nSPS) is 10.7. The summed E-state index contributed by atoms with van der Waals surface area (Å²) in [5.74, 6) is -1.31. The van der Waals surface area contributed by atoms with Crippen LogP contribution in [-0.2, 0) is 4.74 Å². The number of benzene rings is 1. The van der Waals surface area contributed by atoms with Gasteiger partial charge in [0.2, 0.25) is 0 Å². The lowest BCUT2D eigenvalue weighted by Gasteiger charge is -2.19. The zero-order valence-electron chi connectivity index (χ0n) is 11.7. The van der Waals surface area contributed by atoms with E-state index in [1.54, 1.807) is 20.8 Å². The fourth-order valence-electron chi connectivity index (χ4n) is 1.29. The molecule has 0 spiro atoms. The molecule has 110 valence electrons. The first kappa shape index (κ1) is 15.7. The van der Waals surface area contributed by atoms with E-state index in [2.05, 4.69) is 10.9 Å². The first-order valence-corrected chi connectivity index (χ1v) is 5.86. The van der Waals surface area contributed by atoms with Crippen LogP contribution in [-0.4, -0.2) is 24.7 Å². The number of ether oxygens (including phenoxy) is 2. The second-order valence-electron chi connectivity index (χ2n) is 4.93. The van der Waals surface area contributed by atoms with Crippen LogP contribution in [0.3, 0.4) is 0 Å². The van der Waals surface area contributed by atoms with Crippen molar-refractivity contribution in [2.45, 2.75) is 26.4 Å². The van der Waals surface area contributed by atoms with Gasteiger partial charge in [0.05, 0.1) is 7.11 Å². The number of carbonyl (C=O) groups is 2. The highest BCUT2D eigenvalue weighted by Gasteiger charge is 2.17. The topological polar surface area (TPSA) is 76.7 Å². The highest BCUT2D eigenvalue weighted by molar-refractivity contribution is 5.95. The average Bonchev–Trinajstić information content (AvgIpc) is 2.33. The molecule has 2 amide bonds. The summed E-state index contributed by atoms with van der Waals surface area (Å²) in [5.41, 5.74) is 3.55. The smallest absolute Gasteiger partial charge is 0.426 e.